The van der Waals surface area contributed by atoms with Crippen molar-refractivity contribution in [2.45, 2.75) is 79.8 Å². The number of aromatic amines is 1. The van der Waals surface area contributed by atoms with Gasteiger partial charge in [0.1, 0.15) is 18.0 Å². The van der Waals surface area contributed by atoms with Crippen LogP contribution in [0.2, 0.25) is 0 Å². The predicted octanol–water partition coefficient (Wildman–Crippen LogP) is 7.29. The van der Waals surface area contributed by atoms with Crippen LogP contribution in [0, 0.1) is 30.9 Å². The fourth-order valence-corrected chi connectivity index (χ4v) is 5.90. The lowest BCUT2D eigenvalue weighted by Gasteiger charge is -2.30. The molecular formula is C32H47F2N8P. The molecule has 3 aromatic rings. The minimum atomic E-state index is -0.347. The van der Waals surface area contributed by atoms with Gasteiger partial charge in [-0.05, 0) is 76.2 Å². The van der Waals surface area contributed by atoms with E-state index in [1.54, 1.807) is 37.5 Å². The molecule has 2 aromatic heterocycles. The molecule has 1 saturated heterocycles. The second-order valence-electron chi connectivity index (χ2n) is 9.48. The highest BCUT2D eigenvalue weighted by Crippen LogP contribution is 2.42. The number of imidazole rings is 1. The van der Waals surface area contributed by atoms with Gasteiger partial charge < -0.3 is 9.88 Å². The number of rotatable bonds is 10. The molecule has 1 fully saturated rings. The van der Waals surface area contributed by atoms with Crippen molar-refractivity contribution in [3.05, 3.63) is 77.5 Å². The van der Waals surface area contributed by atoms with E-state index in [1.807, 2.05) is 54.3 Å². The molecule has 234 valence electrons. The molecule has 3 atom stereocenters. The molecule has 43 heavy (non-hydrogen) atoms. The number of hydrogen-bond donors (Lipinski definition) is 4. The zero-order valence-corrected chi connectivity index (χ0v) is 27.6. The van der Waals surface area contributed by atoms with Crippen LogP contribution in [0.25, 0.3) is 16.8 Å². The van der Waals surface area contributed by atoms with Crippen molar-refractivity contribution in [3.63, 3.8) is 0 Å². The average Bonchev–Trinajstić information content (AvgIpc) is 3.63. The maximum atomic E-state index is 15.5. The third kappa shape index (κ3) is 7.55. The first-order valence-corrected chi connectivity index (χ1v) is 16.3. The summed E-state index contributed by atoms with van der Waals surface area (Å²) in [7, 11) is 0.248. The molecule has 4 rings (SSSR count). The van der Waals surface area contributed by atoms with Crippen LogP contribution in [-0.2, 0) is 0 Å². The maximum absolute atomic E-state index is 15.5. The van der Waals surface area contributed by atoms with E-state index in [1.165, 1.54) is 5.01 Å². The Balaban J connectivity index is 0.00000155. The summed E-state index contributed by atoms with van der Waals surface area (Å²) in [4.78, 5) is 14.5. The van der Waals surface area contributed by atoms with Crippen molar-refractivity contribution in [3.8, 4) is 11.3 Å². The smallest absolute Gasteiger partial charge is 0.158 e. The first kappa shape index (κ1) is 35.7. The summed E-state index contributed by atoms with van der Waals surface area (Å²) in [6.45, 7) is 19.5. The third-order valence-electron chi connectivity index (χ3n) is 7.33. The second-order valence-corrected chi connectivity index (χ2v) is 10.5. The second kappa shape index (κ2) is 17.0. The normalized spacial score (nSPS) is 16.4. The highest BCUT2D eigenvalue weighted by molar-refractivity contribution is 7.46. The zero-order valence-electron chi connectivity index (χ0n) is 26.6. The number of aryl methyl sites for hydroxylation is 2. The molecule has 1 aromatic carbocycles. The number of halogens is 2. The van der Waals surface area contributed by atoms with Crippen LogP contribution in [0.4, 0.5) is 14.5 Å². The number of anilines is 1. The van der Waals surface area contributed by atoms with Crippen LogP contribution in [-0.4, -0.2) is 38.9 Å². The van der Waals surface area contributed by atoms with E-state index >= 15 is 8.78 Å². The van der Waals surface area contributed by atoms with E-state index in [2.05, 4.69) is 27.0 Å². The number of H-pyrrole nitrogens is 1. The van der Waals surface area contributed by atoms with Gasteiger partial charge in [-0.15, -0.1) is 0 Å². The van der Waals surface area contributed by atoms with Crippen molar-refractivity contribution in [1.82, 2.24) is 25.4 Å². The van der Waals surface area contributed by atoms with Crippen molar-refractivity contribution in [2.24, 2.45) is 5.84 Å². The number of hydrazine groups is 2. The standard InChI is InChI=1S/C28H35F2N8P.2C2H6/c1-6-18(23-21(38(15-31)36-32)10-8-16(3)24(23)29)14-19-9-11-22(37(19)7-2)27-34-17(4)26(35-27)20-12-13-33-28(39-5)25(20)30;2*1-2/h6-8,10,12-13,15,19,22,31,36,39H,2,9,11,14,32H2,1,3-5H3,(H,34,35);2*1-2H3/b18-6+,31-15?;;. The fourth-order valence-electron chi connectivity index (χ4n) is 5.34. The lowest BCUT2D eigenvalue weighted by atomic mass is 9.93. The van der Waals surface area contributed by atoms with E-state index in [4.69, 9.17) is 16.2 Å². The number of benzene rings is 1. The van der Waals surface area contributed by atoms with E-state index in [0.29, 0.717) is 39.9 Å². The minimum absolute atomic E-state index is 0.0325. The van der Waals surface area contributed by atoms with Crippen LogP contribution in [0.15, 0.2) is 43.3 Å². The Hall–Kier alpha value is -3.46. The monoisotopic (exact) mass is 612 g/mol. The van der Waals surface area contributed by atoms with Gasteiger partial charge in [-0.1, -0.05) is 55.0 Å². The Morgan fingerprint density at radius 3 is 2.49 bits per heavy atom. The lowest BCUT2D eigenvalue weighted by molar-refractivity contribution is 0.275. The van der Waals surface area contributed by atoms with Crippen molar-refractivity contribution < 1.29 is 8.78 Å². The number of likely N-dealkylation sites (tertiary alicyclic amines) is 1. The molecule has 3 heterocycles. The number of nitrogens with one attached hydrogen (secondary N) is 3. The summed E-state index contributed by atoms with van der Waals surface area (Å²) >= 11 is 0. The molecule has 8 nitrogen and oxygen atoms in total. The molecule has 1 aliphatic rings. The summed E-state index contributed by atoms with van der Waals surface area (Å²) in [6.07, 6.45) is 8.53. The Bertz CT molecular complexity index is 1400. The van der Waals surface area contributed by atoms with E-state index in [9.17, 15) is 0 Å². The molecule has 0 saturated carbocycles. The summed E-state index contributed by atoms with van der Waals surface area (Å²) in [5.74, 6) is 5.68. The summed E-state index contributed by atoms with van der Waals surface area (Å²) < 4.78 is 30.6. The molecular weight excluding hydrogens is 565 g/mol. The number of allylic oxidation sites excluding steroid dienone is 1. The molecule has 11 heteroatoms. The van der Waals surface area contributed by atoms with Gasteiger partial charge in [0.2, 0.25) is 0 Å². The highest BCUT2D eigenvalue weighted by atomic mass is 31.1. The van der Waals surface area contributed by atoms with Crippen LogP contribution in [0.5, 0.6) is 0 Å². The molecule has 0 spiro atoms. The van der Waals surface area contributed by atoms with Gasteiger partial charge in [-0.25, -0.2) is 13.8 Å². The van der Waals surface area contributed by atoms with Gasteiger partial charge in [0.05, 0.1) is 22.9 Å². The largest absolute Gasteiger partial charge is 0.365 e. The van der Waals surface area contributed by atoms with E-state index in [0.717, 1.165) is 36.3 Å². The van der Waals surface area contributed by atoms with Gasteiger partial charge >= 0.3 is 0 Å². The molecule has 0 radical (unpaired) electrons. The Morgan fingerprint density at radius 2 is 1.91 bits per heavy atom. The van der Waals surface area contributed by atoms with Crippen molar-refractivity contribution in [2.75, 3.05) is 11.7 Å². The third-order valence-corrected chi connectivity index (χ3v) is 8.15. The summed E-state index contributed by atoms with van der Waals surface area (Å²) in [5.41, 5.74) is 6.86. The molecule has 3 unspecified atom stereocenters. The summed E-state index contributed by atoms with van der Waals surface area (Å²) in [5, 5.41) is 8.98. The average molecular weight is 613 g/mol. The van der Waals surface area contributed by atoms with Gasteiger partial charge in [0, 0.05) is 29.1 Å². The Labute approximate surface area is 257 Å². The topological polar surface area (TPSA) is 110 Å². The first-order chi connectivity index (χ1) is 20.8. The van der Waals surface area contributed by atoms with Crippen LogP contribution < -0.4 is 21.8 Å². The molecule has 0 bridgehead atoms. The lowest BCUT2D eigenvalue weighted by Crippen LogP contribution is -2.42. The number of nitrogens with zero attached hydrogens (tertiary/aromatic N) is 4. The SMILES string of the molecule is C=CN1C(C/C(=C\C)c2c(N(C=N)NN)ccc(C)c2F)CCC1c1nc(-c2ccnc(PC)c2F)c(C)[nH]1.CC.CC. The molecule has 5 N–H and O–H groups in total. The van der Waals surface area contributed by atoms with Gasteiger partial charge in [-0.3, -0.25) is 21.2 Å². The van der Waals surface area contributed by atoms with Crippen LogP contribution in [0.3, 0.4) is 0 Å². The molecule has 0 aliphatic carbocycles. The Kier molecular flexibility index (Phi) is 14.1. The van der Waals surface area contributed by atoms with Crippen LogP contribution in [0.1, 0.15) is 82.6 Å². The van der Waals surface area contributed by atoms with Gasteiger partial charge in [-0.2, -0.15) is 5.53 Å². The van der Waals surface area contributed by atoms with E-state index < -0.39 is 0 Å². The van der Waals surface area contributed by atoms with Crippen LogP contribution >= 0.6 is 8.58 Å². The van der Waals surface area contributed by atoms with Crippen molar-refractivity contribution >= 4 is 31.6 Å². The minimum Gasteiger partial charge on any atom is -0.365 e. The Morgan fingerprint density at radius 1 is 1.21 bits per heavy atom. The highest BCUT2D eigenvalue weighted by Gasteiger charge is 2.35. The van der Waals surface area contributed by atoms with E-state index in [-0.39, 0.29) is 32.3 Å². The number of nitrogens with two attached hydrogens (primary N) is 1. The number of pyridine rings is 1. The summed E-state index contributed by atoms with van der Waals surface area (Å²) in [6, 6.07) is 5.03. The maximum Gasteiger partial charge on any atom is 0.158 e. The number of aromatic nitrogens is 3. The number of hydrogen-bond acceptors (Lipinski definition) is 6. The quantitative estimate of drug-likeness (QED) is 0.0630. The van der Waals surface area contributed by atoms with Crippen molar-refractivity contribution in [1.29, 1.82) is 5.41 Å². The first-order valence-electron chi connectivity index (χ1n) is 14.8. The fraction of sp³-hybridized carbons (Fsp3) is 0.406. The van der Waals surface area contributed by atoms with Gasteiger partial charge in [0.15, 0.2) is 5.82 Å². The molecule has 1 aliphatic heterocycles. The predicted molar refractivity (Wildman–Crippen MR) is 179 cm³/mol. The molecule has 0 amide bonds. The zero-order chi connectivity index (χ0) is 32.3. The van der Waals surface area contributed by atoms with Gasteiger partial charge in [0.25, 0.3) is 0 Å².